The number of imidazole rings is 1. The summed E-state index contributed by atoms with van der Waals surface area (Å²) in [5.41, 5.74) is 4.06. The van der Waals surface area contributed by atoms with Gasteiger partial charge in [0.1, 0.15) is 5.82 Å². The first-order chi connectivity index (χ1) is 11.7. The number of benzene rings is 2. The number of anilines is 1. The second kappa shape index (κ2) is 7.30. The molecule has 0 fully saturated rings. The Balaban J connectivity index is 1.83. The molecule has 4 heteroatoms. The van der Waals surface area contributed by atoms with Crippen LogP contribution in [0.3, 0.4) is 0 Å². The topological polar surface area (TPSA) is 46.9 Å². The highest BCUT2D eigenvalue weighted by Crippen LogP contribution is 2.22. The van der Waals surface area contributed by atoms with Crippen LogP contribution in [-0.4, -0.2) is 15.5 Å². The highest BCUT2D eigenvalue weighted by Gasteiger charge is 2.09. The van der Waals surface area contributed by atoms with E-state index < -0.39 is 0 Å². The number of carbonyl (C=O) groups is 1. The molecule has 3 rings (SSSR count). The number of nitrogens with one attached hydrogen (secondary N) is 1. The van der Waals surface area contributed by atoms with Gasteiger partial charge in [0.15, 0.2) is 0 Å². The van der Waals surface area contributed by atoms with Gasteiger partial charge >= 0.3 is 0 Å². The lowest BCUT2D eigenvalue weighted by atomic mass is 10.2. The molecule has 124 valence electrons. The molecule has 0 aliphatic rings. The van der Waals surface area contributed by atoms with Gasteiger partial charge in [-0.3, -0.25) is 4.79 Å². The molecule has 2 aromatic carbocycles. The second-order valence-electron chi connectivity index (χ2n) is 6.09. The molecule has 0 unspecified atom stereocenters. The molecular formula is C20H23N3O. The van der Waals surface area contributed by atoms with E-state index >= 15 is 0 Å². The van der Waals surface area contributed by atoms with E-state index in [2.05, 4.69) is 33.9 Å². The molecule has 1 amide bonds. The Kier molecular flexibility index (Phi) is 4.94. The van der Waals surface area contributed by atoms with Crippen molar-refractivity contribution in [3.05, 3.63) is 59.9 Å². The van der Waals surface area contributed by atoms with Crippen molar-refractivity contribution in [1.82, 2.24) is 9.55 Å². The number of aromatic nitrogens is 2. The van der Waals surface area contributed by atoms with E-state index in [1.807, 2.05) is 43.3 Å². The third-order valence-corrected chi connectivity index (χ3v) is 4.16. The van der Waals surface area contributed by atoms with Gasteiger partial charge in [0.2, 0.25) is 5.91 Å². The summed E-state index contributed by atoms with van der Waals surface area (Å²) in [5.74, 6) is 1.04. The summed E-state index contributed by atoms with van der Waals surface area (Å²) in [6.45, 7) is 4.90. The number of carbonyl (C=O) groups excluding carboxylic acids is 1. The first-order valence-corrected chi connectivity index (χ1v) is 8.48. The Morgan fingerprint density at radius 1 is 1.17 bits per heavy atom. The van der Waals surface area contributed by atoms with Crippen LogP contribution in [-0.2, 0) is 11.3 Å². The number of hydrogen-bond donors (Lipinski definition) is 1. The second-order valence-corrected chi connectivity index (χ2v) is 6.09. The largest absolute Gasteiger partial charge is 0.326 e. The predicted octanol–water partition coefficient (Wildman–Crippen LogP) is 4.52. The average molecular weight is 321 g/mol. The third kappa shape index (κ3) is 3.65. The Hall–Kier alpha value is -2.62. The lowest BCUT2D eigenvalue weighted by Gasteiger charge is -2.08. The zero-order chi connectivity index (χ0) is 16.9. The fourth-order valence-electron chi connectivity index (χ4n) is 2.85. The first kappa shape index (κ1) is 16.2. The highest BCUT2D eigenvalue weighted by molar-refractivity contribution is 5.93. The van der Waals surface area contributed by atoms with E-state index in [0.717, 1.165) is 41.9 Å². The van der Waals surface area contributed by atoms with E-state index in [0.29, 0.717) is 6.42 Å². The van der Waals surface area contributed by atoms with Crippen LogP contribution in [0.4, 0.5) is 5.69 Å². The van der Waals surface area contributed by atoms with Crippen molar-refractivity contribution in [1.29, 1.82) is 0 Å². The maximum absolute atomic E-state index is 11.9. The van der Waals surface area contributed by atoms with Crippen LogP contribution in [0.1, 0.15) is 37.6 Å². The normalized spacial score (nSPS) is 10.9. The Bertz CT molecular complexity index is 837. The molecule has 1 aromatic heterocycles. The Morgan fingerprint density at radius 2 is 1.96 bits per heavy atom. The summed E-state index contributed by atoms with van der Waals surface area (Å²) < 4.78 is 2.20. The van der Waals surface area contributed by atoms with Crippen LogP contribution in [0.15, 0.2) is 48.5 Å². The molecular weight excluding hydrogens is 298 g/mol. The van der Waals surface area contributed by atoms with E-state index in [9.17, 15) is 4.79 Å². The minimum absolute atomic E-state index is 0.0663. The monoisotopic (exact) mass is 321 g/mol. The molecule has 0 spiro atoms. The van der Waals surface area contributed by atoms with Gasteiger partial charge < -0.3 is 9.88 Å². The summed E-state index contributed by atoms with van der Waals surface area (Å²) >= 11 is 0. The third-order valence-electron chi connectivity index (χ3n) is 4.16. The van der Waals surface area contributed by atoms with Crippen molar-refractivity contribution < 1.29 is 4.79 Å². The molecule has 3 aromatic rings. The number of rotatable bonds is 6. The zero-order valence-corrected chi connectivity index (χ0v) is 14.2. The lowest BCUT2D eigenvalue weighted by Crippen LogP contribution is -2.10. The van der Waals surface area contributed by atoms with Gasteiger partial charge in [-0.15, -0.1) is 0 Å². The fourth-order valence-corrected chi connectivity index (χ4v) is 2.85. The lowest BCUT2D eigenvalue weighted by molar-refractivity contribution is -0.116. The van der Waals surface area contributed by atoms with Crippen LogP contribution in [0, 0.1) is 6.92 Å². The number of nitrogens with zero attached hydrogens (tertiary/aromatic N) is 2. The predicted molar refractivity (Wildman–Crippen MR) is 98.2 cm³/mol. The maximum atomic E-state index is 11.9. The van der Waals surface area contributed by atoms with E-state index in [1.54, 1.807) is 0 Å². The van der Waals surface area contributed by atoms with Gasteiger partial charge in [0.05, 0.1) is 11.0 Å². The number of hydrogen-bond acceptors (Lipinski definition) is 2. The molecule has 0 aliphatic carbocycles. The number of unbranched alkanes of at least 4 members (excludes halogenated alkanes) is 1. The molecule has 0 bridgehead atoms. The molecule has 0 saturated heterocycles. The van der Waals surface area contributed by atoms with Gasteiger partial charge in [-0.2, -0.15) is 0 Å². The molecule has 4 nitrogen and oxygen atoms in total. The SMILES string of the molecule is CCCCC(=O)Nc1ccc2c(c1)nc(C)n2Cc1ccccc1. The van der Waals surface area contributed by atoms with Crippen molar-refractivity contribution in [2.24, 2.45) is 0 Å². The van der Waals surface area contributed by atoms with E-state index in [4.69, 9.17) is 0 Å². The molecule has 0 atom stereocenters. The smallest absolute Gasteiger partial charge is 0.224 e. The minimum atomic E-state index is 0.0663. The standard InChI is InChI=1S/C20H23N3O/c1-3-4-10-20(24)22-17-11-12-19-18(13-17)21-15(2)23(19)14-16-8-6-5-7-9-16/h5-9,11-13H,3-4,10,14H2,1-2H3,(H,22,24). The quantitative estimate of drug-likeness (QED) is 0.725. The average Bonchev–Trinajstić information content (AvgIpc) is 2.89. The van der Waals surface area contributed by atoms with Crippen molar-refractivity contribution in [2.75, 3.05) is 5.32 Å². The molecule has 24 heavy (non-hydrogen) atoms. The van der Waals surface area contributed by atoms with Crippen molar-refractivity contribution in [2.45, 2.75) is 39.7 Å². The van der Waals surface area contributed by atoms with E-state index in [-0.39, 0.29) is 5.91 Å². The summed E-state index contributed by atoms with van der Waals surface area (Å²) in [5, 5.41) is 2.96. The van der Waals surface area contributed by atoms with Crippen LogP contribution in [0.2, 0.25) is 0 Å². The maximum Gasteiger partial charge on any atom is 0.224 e. The summed E-state index contributed by atoms with van der Waals surface area (Å²) in [6, 6.07) is 16.3. The molecule has 0 saturated carbocycles. The number of amides is 1. The number of aryl methyl sites for hydroxylation is 1. The molecule has 1 N–H and O–H groups in total. The van der Waals surface area contributed by atoms with Gasteiger partial charge in [-0.25, -0.2) is 4.98 Å². The summed E-state index contributed by atoms with van der Waals surface area (Å²) in [4.78, 5) is 16.5. The van der Waals surface area contributed by atoms with Crippen molar-refractivity contribution >= 4 is 22.6 Å². The molecule has 1 heterocycles. The Labute approximate surface area is 142 Å². The fraction of sp³-hybridized carbons (Fsp3) is 0.300. The van der Waals surface area contributed by atoms with Crippen molar-refractivity contribution in [3.63, 3.8) is 0 Å². The van der Waals surface area contributed by atoms with Gasteiger partial charge in [0.25, 0.3) is 0 Å². The van der Waals surface area contributed by atoms with Crippen LogP contribution in [0.25, 0.3) is 11.0 Å². The van der Waals surface area contributed by atoms with Crippen LogP contribution >= 0.6 is 0 Å². The first-order valence-electron chi connectivity index (χ1n) is 8.48. The number of fused-ring (bicyclic) bond motifs is 1. The zero-order valence-electron chi connectivity index (χ0n) is 14.2. The summed E-state index contributed by atoms with van der Waals surface area (Å²) in [7, 11) is 0. The summed E-state index contributed by atoms with van der Waals surface area (Å²) in [6.07, 6.45) is 2.50. The van der Waals surface area contributed by atoms with Crippen LogP contribution < -0.4 is 5.32 Å². The Morgan fingerprint density at radius 3 is 2.71 bits per heavy atom. The van der Waals surface area contributed by atoms with Gasteiger partial charge in [-0.1, -0.05) is 43.7 Å². The van der Waals surface area contributed by atoms with Crippen LogP contribution in [0.5, 0.6) is 0 Å². The molecule has 0 aliphatic heterocycles. The van der Waals surface area contributed by atoms with Gasteiger partial charge in [-0.05, 0) is 37.1 Å². The highest BCUT2D eigenvalue weighted by atomic mass is 16.1. The van der Waals surface area contributed by atoms with Crippen molar-refractivity contribution in [3.8, 4) is 0 Å². The van der Waals surface area contributed by atoms with Gasteiger partial charge in [0, 0.05) is 18.7 Å². The molecule has 0 radical (unpaired) electrons. The van der Waals surface area contributed by atoms with E-state index in [1.165, 1.54) is 5.56 Å². The minimum Gasteiger partial charge on any atom is -0.326 e.